The summed E-state index contributed by atoms with van der Waals surface area (Å²) in [6.45, 7) is 9.03. The van der Waals surface area contributed by atoms with Crippen molar-refractivity contribution in [3.63, 3.8) is 0 Å². The van der Waals surface area contributed by atoms with Gasteiger partial charge in [0.1, 0.15) is 10.8 Å². The zero-order chi connectivity index (χ0) is 26.8. The minimum Gasteiger partial charge on any atom is -0.351 e. The summed E-state index contributed by atoms with van der Waals surface area (Å²) in [5.41, 5.74) is -0.205. The fraction of sp³-hybridized carbons (Fsp3) is 0.714. The Morgan fingerprint density at radius 1 is 0.919 bits per heavy atom. The van der Waals surface area contributed by atoms with Gasteiger partial charge in [-0.1, -0.05) is 42.7 Å². The van der Waals surface area contributed by atoms with E-state index < -0.39 is 0 Å². The fourth-order valence-corrected chi connectivity index (χ4v) is 11.4. The average Bonchev–Trinajstić information content (AvgIpc) is 3.46. The first-order valence-corrected chi connectivity index (χ1v) is 17.8. The molecule has 0 amide bonds. The molecule has 4 aliphatic rings. The summed E-state index contributed by atoms with van der Waals surface area (Å²) in [5.74, 6) is 5.44. The third-order valence-corrected chi connectivity index (χ3v) is 12.6. The third kappa shape index (κ3) is 7.05. The largest absolute Gasteiger partial charge is 0.351 e. The molecule has 0 radical (unpaired) electrons. The van der Waals surface area contributed by atoms with Crippen molar-refractivity contribution in [2.45, 2.75) is 90.1 Å². The lowest BCUT2D eigenvalue weighted by Gasteiger charge is -2.44. The zero-order valence-electron chi connectivity index (χ0n) is 22.5. The minimum absolute atomic E-state index is 0.0351. The smallest absolute Gasteiger partial charge is 0.132 e. The Bertz CT molecular complexity index is 1000. The van der Waals surface area contributed by atoms with Gasteiger partial charge in [-0.3, -0.25) is 4.79 Å². The Labute approximate surface area is 252 Å². The number of carbonyl (C=O) groups is 1. The summed E-state index contributed by atoms with van der Waals surface area (Å²) >= 11 is 23.4. The lowest BCUT2D eigenvalue weighted by molar-refractivity contribution is -0.119. The van der Waals surface area contributed by atoms with E-state index in [0.29, 0.717) is 30.5 Å². The summed E-state index contributed by atoms with van der Waals surface area (Å²) in [7, 11) is 0. The van der Waals surface area contributed by atoms with E-state index in [9.17, 15) is 4.79 Å². The molecule has 0 spiro atoms. The second kappa shape index (κ2) is 12.7. The number of Topliss-reactive ketones (excluding diaryl/α,β-unsaturated/α-hetero) is 1. The van der Waals surface area contributed by atoms with Crippen molar-refractivity contribution in [2.75, 3.05) is 23.1 Å². The van der Waals surface area contributed by atoms with Crippen LogP contribution in [0, 0.1) is 11.8 Å². The normalized spacial score (nSPS) is 26.3. The summed E-state index contributed by atoms with van der Waals surface area (Å²) in [6, 6.07) is 0. The van der Waals surface area contributed by atoms with Crippen LogP contribution in [0.15, 0.2) is 22.0 Å². The molecule has 4 heterocycles. The van der Waals surface area contributed by atoms with Gasteiger partial charge in [-0.2, -0.15) is 0 Å². The van der Waals surface area contributed by atoms with Crippen molar-refractivity contribution in [1.29, 1.82) is 0 Å². The number of thioether (sulfide) groups is 3. The van der Waals surface area contributed by atoms with Crippen molar-refractivity contribution < 1.29 is 4.79 Å². The van der Waals surface area contributed by atoms with Gasteiger partial charge in [-0.15, -0.1) is 35.3 Å². The number of rotatable bonds is 10. The van der Waals surface area contributed by atoms with Gasteiger partial charge in [0.25, 0.3) is 0 Å². The van der Waals surface area contributed by atoms with Gasteiger partial charge in [0.2, 0.25) is 0 Å². The van der Waals surface area contributed by atoms with Crippen LogP contribution >= 0.6 is 71.9 Å². The predicted octanol–water partition coefficient (Wildman–Crippen LogP) is 8.03. The van der Waals surface area contributed by atoms with E-state index in [1.54, 1.807) is 0 Å². The molecule has 0 aromatic heterocycles. The van der Waals surface area contributed by atoms with E-state index in [4.69, 9.17) is 36.7 Å². The maximum absolute atomic E-state index is 12.8. The van der Waals surface area contributed by atoms with Crippen LogP contribution in [0.25, 0.3) is 0 Å². The molecule has 2 fully saturated rings. The van der Waals surface area contributed by atoms with Gasteiger partial charge in [-0.25, -0.2) is 0 Å². The molecule has 2 unspecified atom stereocenters. The molecule has 4 rings (SSSR count). The fourth-order valence-electron chi connectivity index (χ4n) is 5.77. The lowest BCUT2D eigenvalue weighted by Crippen LogP contribution is -2.53. The van der Waals surface area contributed by atoms with Crippen LogP contribution in [0.5, 0.6) is 0 Å². The summed E-state index contributed by atoms with van der Waals surface area (Å²) in [4.78, 5) is 23.2. The molecular weight excluding hydrogens is 573 g/mol. The molecule has 0 saturated carbocycles. The van der Waals surface area contributed by atoms with Crippen LogP contribution in [0.3, 0.4) is 0 Å². The average molecular weight is 613 g/mol. The summed E-state index contributed by atoms with van der Waals surface area (Å²) in [6.07, 6.45) is 11.7. The van der Waals surface area contributed by atoms with Crippen LogP contribution in [-0.4, -0.2) is 64.8 Å². The maximum atomic E-state index is 12.8. The van der Waals surface area contributed by atoms with Crippen molar-refractivity contribution in [2.24, 2.45) is 11.8 Å². The van der Waals surface area contributed by atoms with Gasteiger partial charge < -0.3 is 9.80 Å². The van der Waals surface area contributed by atoms with Crippen LogP contribution in [0.1, 0.15) is 79.1 Å². The number of hydrogen-bond donors (Lipinski definition) is 0. The first-order chi connectivity index (χ1) is 17.5. The lowest BCUT2D eigenvalue weighted by atomic mass is 9.89. The van der Waals surface area contributed by atoms with E-state index in [0.717, 1.165) is 70.9 Å². The second-order valence-electron chi connectivity index (χ2n) is 11.7. The number of hydrogen-bond acceptors (Lipinski definition) is 7. The van der Waals surface area contributed by atoms with Crippen molar-refractivity contribution in [3.05, 3.63) is 22.0 Å². The highest BCUT2D eigenvalue weighted by Crippen LogP contribution is 2.43. The molecule has 9 heteroatoms. The highest BCUT2D eigenvalue weighted by atomic mass is 32.2. The third-order valence-electron chi connectivity index (χ3n) is 8.05. The molecule has 2 atom stereocenters. The van der Waals surface area contributed by atoms with Crippen LogP contribution in [-0.2, 0) is 4.79 Å². The van der Waals surface area contributed by atoms with Crippen LogP contribution in [0.2, 0.25) is 0 Å². The van der Waals surface area contributed by atoms with Gasteiger partial charge in [0.15, 0.2) is 0 Å². The Morgan fingerprint density at radius 3 is 2.19 bits per heavy atom. The SMILES string of the molecule is CC(C)(CCCC(=O)CCCC(C)(C)N1C(=S)C=C2SCCC2C1=S)N1CSC/C=C2/SCCC2C1=S. The van der Waals surface area contributed by atoms with Gasteiger partial charge in [0.05, 0.1) is 15.9 Å². The van der Waals surface area contributed by atoms with E-state index >= 15 is 0 Å². The molecule has 0 aromatic rings. The Kier molecular flexibility index (Phi) is 10.3. The summed E-state index contributed by atoms with van der Waals surface area (Å²) < 4.78 is 0. The first-order valence-electron chi connectivity index (χ1n) is 13.5. The van der Waals surface area contributed by atoms with E-state index in [1.807, 2.05) is 35.3 Å². The monoisotopic (exact) mass is 612 g/mol. The molecule has 0 bridgehead atoms. The minimum atomic E-state index is -0.170. The molecule has 0 aromatic carbocycles. The topological polar surface area (TPSA) is 23.6 Å². The number of nitrogens with zero attached hydrogens (tertiary/aromatic N) is 2. The maximum Gasteiger partial charge on any atom is 0.132 e. The van der Waals surface area contributed by atoms with E-state index in [1.165, 1.54) is 15.6 Å². The molecular formula is C28H40N2OS6. The zero-order valence-corrected chi connectivity index (χ0v) is 27.4. The quantitative estimate of drug-likeness (QED) is 0.227. The first kappa shape index (κ1) is 30.0. The Hall–Kier alpha value is 0.0700. The molecule has 0 N–H and O–H groups in total. The van der Waals surface area contributed by atoms with Crippen molar-refractivity contribution in [3.8, 4) is 0 Å². The van der Waals surface area contributed by atoms with Crippen LogP contribution < -0.4 is 0 Å². The Morgan fingerprint density at radius 2 is 1.51 bits per heavy atom. The van der Waals surface area contributed by atoms with Crippen molar-refractivity contribution in [1.82, 2.24) is 9.80 Å². The molecule has 37 heavy (non-hydrogen) atoms. The number of thiocarbonyl (C=S) groups is 3. The van der Waals surface area contributed by atoms with Gasteiger partial charge >= 0.3 is 0 Å². The molecule has 4 aliphatic heterocycles. The number of fused-ring (bicyclic) bond motifs is 2. The number of ketones is 1. The highest BCUT2D eigenvalue weighted by Gasteiger charge is 2.40. The highest BCUT2D eigenvalue weighted by molar-refractivity contribution is 8.04. The van der Waals surface area contributed by atoms with Crippen molar-refractivity contribution >= 4 is 92.7 Å². The van der Waals surface area contributed by atoms with E-state index in [-0.39, 0.29) is 11.1 Å². The molecule has 0 aliphatic carbocycles. The molecule has 3 nitrogen and oxygen atoms in total. The molecule has 204 valence electrons. The predicted molar refractivity (Wildman–Crippen MR) is 177 cm³/mol. The standard InChI is InChI=1S/C28H40N2OS6/c1-27(2,29-18-35-14-11-22-20(25(29)33)9-15-36-22)12-5-7-19(31)8-6-13-28(3,4)30-24(32)17-23-21(26(30)34)10-16-37-23/h11,17,20-21H,5-10,12-16,18H2,1-4H3/b22-11+. The second-order valence-corrected chi connectivity index (χ2v) is 16.3. The van der Waals surface area contributed by atoms with E-state index in [2.05, 4.69) is 49.6 Å². The van der Waals surface area contributed by atoms with Gasteiger partial charge in [-0.05, 0) is 93.6 Å². The van der Waals surface area contributed by atoms with Crippen LogP contribution in [0.4, 0.5) is 0 Å². The molecule has 2 saturated heterocycles. The van der Waals surface area contributed by atoms with Gasteiger partial charge in [0, 0.05) is 41.5 Å². The summed E-state index contributed by atoms with van der Waals surface area (Å²) in [5, 5.41) is 0. The Balaban J connectivity index is 1.23. The number of carbonyl (C=O) groups excluding carboxylic acids is 1.